The van der Waals surface area contributed by atoms with Gasteiger partial charge in [0.25, 0.3) is 0 Å². The molecule has 0 unspecified atom stereocenters. The highest BCUT2D eigenvalue weighted by molar-refractivity contribution is 4.91. The Bertz CT molecular complexity index is 194. The number of morpholine rings is 1. The molecule has 0 aromatic rings. The fraction of sp³-hybridized carbons (Fsp3) is 1.00. The molecule has 0 aromatic heterocycles. The molecule has 2 rings (SSSR count). The van der Waals surface area contributed by atoms with Gasteiger partial charge < -0.3 is 14.2 Å². The quantitative estimate of drug-likeness (QED) is 0.615. The number of ether oxygens (including phenoxy) is 3. The van der Waals surface area contributed by atoms with Gasteiger partial charge in [-0.1, -0.05) is 0 Å². The van der Waals surface area contributed by atoms with Crippen LogP contribution in [0.1, 0.15) is 20.3 Å². The zero-order valence-electron chi connectivity index (χ0n) is 9.65. The molecule has 0 N–H and O–H groups in total. The molecule has 2 aliphatic rings. The number of likely N-dealkylation sites (tertiary alicyclic amines) is 1. The minimum Gasteiger partial charge on any atom is -0.375 e. The lowest BCUT2D eigenvalue weighted by atomic mass is 10.2. The summed E-state index contributed by atoms with van der Waals surface area (Å²) >= 11 is 0. The molecule has 4 nitrogen and oxygen atoms in total. The van der Waals surface area contributed by atoms with Gasteiger partial charge >= 0.3 is 0 Å². The van der Waals surface area contributed by atoms with E-state index in [-0.39, 0.29) is 6.29 Å². The summed E-state index contributed by atoms with van der Waals surface area (Å²) in [6.07, 6.45) is 1.57. The molecule has 15 heavy (non-hydrogen) atoms. The molecule has 2 heterocycles. The Hall–Kier alpha value is -0.160. The van der Waals surface area contributed by atoms with Crippen LogP contribution in [0.25, 0.3) is 0 Å². The molecule has 4 heteroatoms. The Morgan fingerprint density at radius 3 is 2.53 bits per heavy atom. The molecule has 2 bridgehead atoms. The molecule has 2 atom stereocenters. The van der Waals surface area contributed by atoms with Crippen molar-refractivity contribution in [1.29, 1.82) is 0 Å². The predicted octanol–water partition coefficient (Wildman–Crippen LogP) is 0.859. The zero-order valence-corrected chi connectivity index (χ0v) is 9.65. The van der Waals surface area contributed by atoms with E-state index in [1.165, 1.54) is 6.42 Å². The first kappa shape index (κ1) is 11.3. The van der Waals surface area contributed by atoms with Crippen molar-refractivity contribution in [3.8, 4) is 0 Å². The van der Waals surface area contributed by atoms with E-state index in [2.05, 4.69) is 4.90 Å². The third kappa shape index (κ3) is 2.69. The predicted molar refractivity (Wildman–Crippen MR) is 56.8 cm³/mol. The van der Waals surface area contributed by atoms with Crippen LogP contribution in [0.3, 0.4) is 0 Å². The average Bonchev–Trinajstić information content (AvgIpc) is 2.80. The van der Waals surface area contributed by atoms with Crippen LogP contribution in [0.5, 0.6) is 0 Å². The smallest absolute Gasteiger partial charge is 0.170 e. The largest absolute Gasteiger partial charge is 0.375 e. The Kier molecular flexibility index (Phi) is 3.97. The molecule has 0 amide bonds. The first-order valence-corrected chi connectivity index (χ1v) is 5.92. The van der Waals surface area contributed by atoms with E-state index in [0.717, 1.165) is 19.7 Å². The third-order valence-electron chi connectivity index (χ3n) is 3.10. The van der Waals surface area contributed by atoms with Crippen LogP contribution in [-0.2, 0) is 14.2 Å². The second-order valence-corrected chi connectivity index (χ2v) is 4.14. The summed E-state index contributed by atoms with van der Waals surface area (Å²) in [5, 5.41) is 0. The lowest BCUT2D eigenvalue weighted by Gasteiger charge is -2.30. The second kappa shape index (κ2) is 5.25. The summed E-state index contributed by atoms with van der Waals surface area (Å²) in [4.78, 5) is 2.43. The normalized spacial score (nSPS) is 30.6. The molecule has 2 saturated heterocycles. The minimum atomic E-state index is -0.0700. The monoisotopic (exact) mass is 215 g/mol. The lowest BCUT2D eigenvalue weighted by Crippen LogP contribution is -2.43. The van der Waals surface area contributed by atoms with E-state index in [0.29, 0.717) is 25.4 Å². The van der Waals surface area contributed by atoms with Crippen molar-refractivity contribution in [1.82, 2.24) is 4.90 Å². The van der Waals surface area contributed by atoms with Crippen molar-refractivity contribution in [3.63, 3.8) is 0 Å². The van der Waals surface area contributed by atoms with Crippen molar-refractivity contribution in [2.45, 2.75) is 38.7 Å². The van der Waals surface area contributed by atoms with Crippen LogP contribution < -0.4 is 0 Å². The van der Waals surface area contributed by atoms with E-state index in [4.69, 9.17) is 14.2 Å². The fourth-order valence-electron chi connectivity index (χ4n) is 2.42. The summed E-state index contributed by atoms with van der Waals surface area (Å²) in [7, 11) is 0. The summed E-state index contributed by atoms with van der Waals surface area (Å²) in [5.41, 5.74) is 0. The molecule has 0 saturated carbocycles. The van der Waals surface area contributed by atoms with Crippen molar-refractivity contribution >= 4 is 0 Å². The zero-order chi connectivity index (χ0) is 10.7. The van der Waals surface area contributed by atoms with Gasteiger partial charge in [0.15, 0.2) is 6.29 Å². The van der Waals surface area contributed by atoms with E-state index < -0.39 is 0 Å². The van der Waals surface area contributed by atoms with Crippen molar-refractivity contribution in [2.24, 2.45) is 0 Å². The van der Waals surface area contributed by atoms with Crippen LogP contribution in [0.15, 0.2) is 0 Å². The second-order valence-electron chi connectivity index (χ2n) is 4.14. The summed E-state index contributed by atoms with van der Waals surface area (Å²) in [6.45, 7) is 8.24. The highest BCUT2D eigenvalue weighted by Gasteiger charge is 2.39. The van der Waals surface area contributed by atoms with Crippen LogP contribution in [0.2, 0.25) is 0 Å². The maximum absolute atomic E-state index is 5.56. The van der Waals surface area contributed by atoms with Crippen molar-refractivity contribution < 1.29 is 14.2 Å². The van der Waals surface area contributed by atoms with E-state index >= 15 is 0 Å². The molecule has 88 valence electrons. The summed E-state index contributed by atoms with van der Waals surface area (Å²) < 4.78 is 16.7. The molecule has 0 spiro atoms. The van der Waals surface area contributed by atoms with E-state index in [9.17, 15) is 0 Å². The molecular weight excluding hydrogens is 194 g/mol. The number of rotatable bonds is 6. The van der Waals surface area contributed by atoms with Gasteiger partial charge in [0.05, 0.1) is 12.7 Å². The Balaban J connectivity index is 1.78. The van der Waals surface area contributed by atoms with Crippen molar-refractivity contribution in [3.05, 3.63) is 0 Å². The Morgan fingerprint density at radius 2 is 2.07 bits per heavy atom. The van der Waals surface area contributed by atoms with Gasteiger partial charge in [0.2, 0.25) is 0 Å². The highest BCUT2D eigenvalue weighted by atomic mass is 16.7. The van der Waals surface area contributed by atoms with Gasteiger partial charge in [-0.15, -0.1) is 0 Å². The van der Waals surface area contributed by atoms with Crippen LogP contribution in [0, 0.1) is 0 Å². The number of hydrogen-bond donors (Lipinski definition) is 0. The standard InChI is InChI=1S/C11H21NO3/c1-3-13-11(14-4-2)7-12-6-10-5-9(12)8-15-10/h9-11H,3-8H2,1-2H3/t9-,10-/m1/s1. The Morgan fingerprint density at radius 1 is 1.33 bits per heavy atom. The molecule has 0 aliphatic carbocycles. The van der Waals surface area contributed by atoms with Crippen LogP contribution in [-0.4, -0.2) is 56.2 Å². The maximum atomic E-state index is 5.56. The molecular formula is C11H21NO3. The van der Waals surface area contributed by atoms with Crippen molar-refractivity contribution in [2.75, 3.05) is 32.9 Å². The van der Waals surface area contributed by atoms with Gasteiger partial charge in [0, 0.05) is 32.3 Å². The summed E-state index contributed by atoms with van der Waals surface area (Å²) in [5.74, 6) is 0. The number of hydrogen-bond acceptors (Lipinski definition) is 4. The van der Waals surface area contributed by atoms with Gasteiger partial charge in [-0.3, -0.25) is 4.90 Å². The SMILES string of the molecule is CCOC(CN1C[C@H]2C[C@@H]1CO2)OCC. The van der Waals surface area contributed by atoms with Gasteiger partial charge in [0.1, 0.15) is 0 Å². The average molecular weight is 215 g/mol. The van der Waals surface area contributed by atoms with Crippen LogP contribution >= 0.6 is 0 Å². The molecule has 0 radical (unpaired) electrons. The lowest BCUT2D eigenvalue weighted by molar-refractivity contribution is -0.153. The third-order valence-corrected chi connectivity index (χ3v) is 3.10. The van der Waals surface area contributed by atoms with Gasteiger partial charge in [-0.05, 0) is 20.3 Å². The van der Waals surface area contributed by atoms with Gasteiger partial charge in [-0.25, -0.2) is 0 Å². The molecule has 0 aromatic carbocycles. The topological polar surface area (TPSA) is 30.9 Å². The number of nitrogens with zero attached hydrogens (tertiary/aromatic N) is 1. The summed E-state index contributed by atoms with van der Waals surface area (Å²) in [6, 6.07) is 0.596. The first-order valence-electron chi connectivity index (χ1n) is 5.92. The maximum Gasteiger partial charge on any atom is 0.170 e. The van der Waals surface area contributed by atoms with E-state index in [1.807, 2.05) is 13.8 Å². The number of fused-ring (bicyclic) bond motifs is 2. The van der Waals surface area contributed by atoms with Gasteiger partial charge in [-0.2, -0.15) is 0 Å². The van der Waals surface area contributed by atoms with E-state index in [1.54, 1.807) is 0 Å². The molecule has 2 aliphatic heterocycles. The fourth-order valence-corrected chi connectivity index (χ4v) is 2.42. The minimum absolute atomic E-state index is 0.0700. The first-order chi connectivity index (χ1) is 7.33. The Labute approximate surface area is 91.5 Å². The molecule has 2 fully saturated rings. The highest BCUT2D eigenvalue weighted by Crippen LogP contribution is 2.27. The van der Waals surface area contributed by atoms with Crippen LogP contribution in [0.4, 0.5) is 0 Å².